The van der Waals surface area contributed by atoms with Crippen LogP contribution in [0.2, 0.25) is 0 Å². The fraction of sp³-hybridized carbons (Fsp3) is 0.250. The quantitative estimate of drug-likeness (QED) is 0.456. The minimum absolute atomic E-state index is 0. The van der Waals surface area contributed by atoms with Crippen LogP contribution in [0.15, 0.2) is 12.3 Å². The Morgan fingerprint density at radius 2 is 2.33 bits per heavy atom. The van der Waals surface area contributed by atoms with E-state index >= 15 is 0 Å². The predicted octanol–water partition coefficient (Wildman–Crippen LogP) is -1.58. The number of rotatable bonds is 3. The van der Waals surface area contributed by atoms with E-state index in [2.05, 4.69) is 14.4 Å². The van der Waals surface area contributed by atoms with Crippen molar-refractivity contribution in [3.05, 3.63) is 12.3 Å². The molecule has 64 valence electrons. The van der Waals surface area contributed by atoms with E-state index in [1.54, 1.807) is 0 Å². The molecule has 1 rings (SSSR count). The molecule has 0 aliphatic heterocycles. The summed E-state index contributed by atoms with van der Waals surface area (Å²) in [6.07, 6.45) is 1.40. The maximum atomic E-state index is 10.5. The van der Waals surface area contributed by atoms with Gasteiger partial charge in [-0.1, -0.05) is 0 Å². The molecule has 0 unspecified atom stereocenters. The van der Waals surface area contributed by atoms with Crippen LogP contribution >= 0.6 is 0 Å². The molecule has 0 radical (unpaired) electrons. The van der Waals surface area contributed by atoms with Gasteiger partial charge in [0.15, 0.2) is 5.94 Å². The van der Waals surface area contributed by atoms with Crippen molar-refractivity contribution in [3.8, 4) is 5.88 Å². The SMILES string of the molecule is O=S(=O)(CO)Oc1cc[nH]n1.[NaH]. The van der Waals surface area contributed by atoms with E-state index in [1.807, 2.05) is 0 Å². The van der Waals surface area contributed by atoms with Crippen molar-refractivity contribution in [1.82, 2.24) is 10.2 Å². The second kappa shape index (κ2) is 4.83. The summed E-state index contributed by atoms with van der Waals surface area (Å²) in [5, 5.41) is 14.0. The van der Waals surface area contributed by atoms with E-state index in [0.717, 1.165) is 0 Å². The summed E-state index contributed by atoms with van der Waals surface area (Å²) >= 11 is 0. The standard InChI is InChI=1S/C4H6N2O4S.Na.H/c7-3-11(8,9)10-4-1-2-5-6-4;;/h1-2,7H,3H2,(H,5,6);;. The molecule has 0 amide bonds. The molecule has 0 saturated carbocycles. The first-order valence-electron chi connectivity index (χ1n) is 2.67. The van der Waals surface area contributed by atoms with Crippen molar-refractivity contribution < 1.29 is 17.7 Å². The molecule has 6 nitrogen and oxygen atoms in total. The predicted molar refractivity (Wildman–Crippen MR) is 42.4 cm³/mol. The zero-order valence-electron chi connectivity index (χ0n) is 5.39. The molecule has 0 bridgehead atoms. The molecular formula is C4H7N2NaO4S. The molecule has 1 aromatic rings. The van der Waals surface area contributed by atoms with Crippen LogP contribution in [0.1, 0.15) is 0 Å². The summed E-state index contributed by atoms with van der Waals surface area (Å²) in [7, 11) is -3.87. The summed E-state index contributed by atoms with van der Waals surface area (Å²) in [5.41, 5.74) is 0. The molecule has 8 heteroatoms. The first kappa shape index (κ1) is 11.9. The van der Waals surface area contributed by atoms with Crippen LogP contribution in [0, 0.1) is 0 Å². The van der Waals surface area contributed by atoms with E-state index in [-0.39, 0.29) is 35.4 Å². The van der Waals surface area contributed by atoms with Gasteiger partial charge in [-0.25, -0.2) is 0 Å². The Labute approximate surface area is 91.3 Å². The van der Waals surface area contributed by atoms with E-state index in [1.165, 1.54) is 12.3 Å². The minimum atomic E-state index is -3.87. The number of aliphatic hydroxyl groups excluding tert-OH is 1. The van der Waals surface area contributed by atoms with Crippen LogP contribution in [-0.2, 0) is 10.1 Å². The molecule has 1 heterocycles. The third-order valence-electron chi connectivity index (χ3n) is 0.846. The third kappa shape index (κ3) is 3.55. The van der Waals surface area contributed by atoms with Crippen LogP contribution in [0.25, 0.3) is 0 Å². The Bertz CT molecular complexity index is 308. The van der Waals surface area contributed by atoms with Gasteiger partial charge < -0.3 is 9.29 Å². The van der Waals surface area contributed by atoms with Gasteiger partial charge in [0.05, 0.1) is 0 Å². The molecule has 1 aromatic heterocycles. The van der Waals surface area contributed by atoms with Crippen molar-refractivity contribution in [2.24, 2.45) is 0 Å². The normalized spacial score (nSPS) is 10.4. The van der Waals surface area contributed by atoms with Crippen LogP contribution in [0.4, 0.5) is 0 Å². The summed E-state index contributed by atoms with van der Waals surface area (Å²) in [5.74, 6) is -1.14. The number of hydrogen-bond acceptors (Lipinski definition) is 5. The summed E-state index contributed by atoms with van der Waals surface area (Å²) in [6.45, 7) is 0. The maximum absolute atomic E-state index is 10.5. The first-order chi connectivity index (χ1) is 5.14. The van der Waals surface area contributed by atoms with E-state index in [0.29, 0.717) is 0 Å². The zero-order valence-corrected chi connectivity index (χ0v) is 6.21. The van der Waals surface area contributed by atoms with Crippen LogP contribution < -0.4 is 4.18 Å². The van der Waals surface area contributed by atoms with Gasteiger partial charge in [0, 0.05) is 12.3 Å². The number of hydrogen-bond donors (Lipinski definition) is 2. The Balaban J connectivity index is 0.00000121. The fourth-order valence-corrected chi connectivity index (χ4v) is 0.855. The Hall–Kier alpha value is -0.0800. The third-order valence-corrected chi connectivity index (χ3v) is 1.59. The Morgan fingerprint density at radius 1 is 1.67 bits per heavy atom. The van der Waals surface area contributed by atoms with Crippen molar-refractivity contribution in [3.63, 3.8) is 0 Å². The van der Waals surface area contributed by atoms with Crippen molar-refractivity contribution >= 4 is 39.7 Å². The van der Waals surface area contributed by atoms with Crippen LogP contribution in [0.5, 0.6) is 5.88 Å². The van der Waals surface area contributed by atoms with E-state index < -0.39 is 16.1 Å². The van der Waals surface area contributed by atoms with Gasteiger partial charge >= 0.3 is 39.7 Å². The van der Waals surface area contributed by atoms with Gasteiger partial charge in [0.1, 0.15) is 0 Å². The van der Waals surface area contributed by atoms with Gasteiger partial charge in [0.25, 0.3) is 5.88 Å². The first-order valence-corrected chi connectivity index (χ1v) is 4.24. The summed E-state index contributed by atoms with van der Waals surface area (Å²) < 4.78 is 25.4. The molecule has 0 atom stereocenters. The summed E-state index contributed by atoms with van der Waals surface area (Å²) in [6, 6.07) is 1.33. The second-order valence-electron chi connectivity index (χ2n) is 1.68. The van der Waals surface area contributed by atoms with E-state index in [9.17, 15) is 8.42 Å². The van der Waals surface area contributed by atoms with Crippen molar-refractivity contribution in [1.29, 1.82) is 0 Å². The zero-order chi connectivity index (χ0) is 8.32. The van der Waals surface area contributed by atoms with Crippen molar-refractivity contribution in [2.45, 2.75) is 0 Å². The van der Waals surface area contributed by atoms with Gasteiger partial charge in [-0.2, -0.15) is 8.42 Å². The average Bonchev–Trinajstić information content (AvgIpc) is 2.39. The monoisotopic (exact) mass is 202 g/mol. The van der Waals surface area contributed by atoms with Gasteiger partial charge in [-0.05, 0) is 0 Å². The van der Waals surface area contributed by atoms with Crippen molar-refractivity contribution in [2.75, 3.05) is 5.94 Å². The number of H-pyrrole nitrogens is 1. The molecule has 2 N–H and O–H groups in total. The molecule has 0 spiro atoms. The second-order valence-corrected chi connectivity index (χ2v) is 3.22. The number of aromatic amines is 1. The number of nitrogens with zero attached hydrogens (tertiary/aromatic N) is 1. The number of nitrogens with one attached hydrogen (secondary N) is 1. The molecule has 12 heavy (non-hydrogen) atoms. The molecule has 0 aliphatic rings. The molecule has 0 aliphatic carbocycles. The molecule has 0 aromatic carbocycles. The van der Waals surface area contributed by atoms with Gasteiger partial charge in [0.2, 0.25) is 0 Å². The Morgan fingerprint density at radius 3 is 2.75 bits per heavy atom. The van der Waals surface area contributed by atoms with Gasteiger partial charge in [-0.3, -0.25) is 5.10 Å². The van der Waals surface area contributed by atoms with Crippen LogP contribution in [0.3, 0.4) is 0 Å². The fourth-order valence-electron chi connectivity index (χ4n) is 0.450. The molecular weight excluding hydrogens is 195 g/mol. The van der Waals surface area contributed by atoms with E-state index in [4.69, 9.17) is 5.11 Å². The number of aliphatic hydroxyl groups is 1. The number of aromatic nitrogens is 2. The Kier molecular flexibility index (Phi) is 4.80. The van der Waals surface area contributed by atoms with Crippen LogP contribution in [-0.4, -0.2) is 59.2 Å². The average molecular weight is 202 g/mol. The molecule has 0 saturated heterocycles. The molecule has 0 fully saturated rings. The summed E-state index contributed by atoms with van der Waals surface area (Å²) in [4.78, 5) is 0. The topological polar surface area (TPSA) is 92.3 Å². The van der Waals surface area contributed by atoms with Gasteiger partial charge in [-0.15, -0.1) is 5.10 Å².